The maximum Gasteiger partial charge on any atom is 0.227 e. The average Bonchev–Trinajstić information content (AvgIpc) is 3.12. The van der Waals surface area contributed by atoms with E-state index in [1.807, 2.05) is 18.2 Å². The monoisotopic (exact) mass is 377 g/mol. The van der Waals surface area contributed by atoms with Crippen molar-refractivity contribution in [2.75, 3.05) is 7.11 Å². The van der Waals surface area contributed by atoms with Crippen molar-refractivity contribution in [1.29, 1.82) is 0 Å². The van der Waals surface area contributed by atoms with Gasteiger partial charge in [-0.15, -0.1) is 0 Å². The minimum Gasteiger partial charge on any atom is -0.496 e. The first-order valence-electron chi connectivity index (χ1n) is 8.25. The van der Waals surface area contributed by atoms with Gasteiger partial charge in [-0.2, -0.15) is 0 Å². The Kier molecular flexibility index (Phi) is 3.45. The standard InChI is InChI=1S/C21H12ClNO4/c1-25-15-10-16-18(23-21(27-16)11-6-8-12(22)9-7-11)20-17(15)19(24)13-4-2-3-5-14(13)26-20/h2-10H,1H3. The van der Waals surface area contributed by atoms with E-state index >= 15 is 0 Å². The fourth-order valence-corrected chi connectivity index (χ4v) is 3.32. The highest BCUT2D eigenvalue weighted by atomic mass is 35.5. The van der Waals surface area contributed by atoms with E-state index in [1.165, 1.54) is 7.11 Å². The summed E-state index contributed by atoms with van der Waals surface area (Å²) in [5.74, 6) is 0.794. The Morgan fingerprint density at radius 3 is 2.56 bits per heavy atom. The molecule has 2 aromatic heterocycles. The number of ether oxygens (including phenoxy) is 1. The van der Waals surface area contributed by atoms with Crippen molar-refractivity contribution in [2.45, 2.75) is 0 Å². The zero-order chi connectivity index (χ0) is 18.5. The van der Waals surface area contributed by atoms with Gasteiger partial charge >= 0.3 is 0 Å². The number of rotatable bonds is 2. The Morgan fingerprint density at radius 1 is 1.00 bits per heavy atom. The van der Waals surface area contributed by atoms with Crippen LogP contribution in [0, 0.1) is 0 Å². The van der Waals surface area contributed by atoms with Gasteiger partial charge in [-0.1, -0.05) is 23.7 Å². The Morgan fingerprint density at radius 2 is 1.78 bits per heavy atom. The minimum atomic E-state index is -0.165. The predicted molar refractivity (Wildman–Crippen MR) is 105 cm³/mol. The number of halogens is 1. The maximum absolute atomic E-state index is 13.0. The van der Waals surface area contributed by atoms with Gasteiger partial charge in [0.1, 0.15) is 16.7 Å². The number of benzene rings is 3. The number of para-hydroxylation sites is 1. The molecule has 0 aliphatic heterocycles. The molecule has 0 atom stereocenters. The van der Waals surface area contributed by atoms with Gasteiger partial charge in [0, 0.05) is 16.7 Å². The number of nitrogens with zero attached hydrogens (tertiary/aromatic N) is 1. The summed E-state index contributed by atoms with van der Waals surface area (Å²) in [7, 11) is 1.51. The van der Waals surface area contributed by atoms with Crippen molar-refractivity contribution >= 4 is 44.6 Å². The number of methoxy groups -OCH3 is 1. The molecule has 0 aliphatic carbocycles. The van der Waals surface area contributed by atoms with Crippen molar-refractivity contribution in [1.82, 2.24) is 4.98 Å². The third-order valence-electron chi connectivity index (χ3n) is 4.49. The van der Waals surface area contributed by atoms with E-state index in [-0.39, 0.29) is 5.43 Å². The van der Waals surface area contributed by atoms with E-state index in [4.69, 9.17) is 25.2 Å². The first kappa shape index (κ1) is 15.9. The predicted octanol–water partition coefficient (Wildman–Crippen LogP) is 5.42. The molecule has 0 radical (unpaired) electrons. The van der Waals surface area contributed by atoms with Gasteiger partial charge in [0.05, 0.1) is 12.5 Å². The molecular weight excluding hydrogens is 366 g/mol. The Hall–Kier alpha value is -3.31. The summed E-state index contributed by atoms with van der Waals surface area (Å²) < 4.78 is 17.4. The molecule has 0 N–H and O–H groups in total. The molecule has 5 rings (SSSR count). The van der Waals surface area contributed by atoms with E-state index in [0.717, 1.165) is 5.56 Å². The van der Waals surface area contributed by atoms with Crippen LogP contribution in [0.15, 0.2) is 68.2 Å². The molecule has 132 valence electrons. The van der Waals surface area contributed by atoms with E-state index < -0.39 is 0 Å². The highest BCUT2D eigenvalue weighted by Crippen LogP contribution is 2.35. The summed E-state index contributed by atoms with van der Waals surface area (Å²) >= 11 is 5.95. The second kappa shape index (κ2) is 5.86. The van der Waals surface area contributed by atoms with Crippen LogP contribution in [-0.2, 0) is 0 Å². The van der Waals surface area contributed by atoms with Crippen LogP contribution in [0.4, 0.5) is 0 Å². The normalized spacial score (nSPS) is 11.5. The third-order valence-corrected chi connectivity index (χ3v) is 4.74. The molecule has 5 nitrogen and oxygen atoms in total. The molecular formula is C21H12ClNO4. The first-order valence-corrected chi connectivity index (χ1v) is 8.62. The van der Waals surface area contributed by atoms with Crippen LogP contribution in [0.1, 0.15) is 0 Å². The molecule has 0 spiro atoms. The van der Waals surface area contributed by atoms with Crippen LogP contribution in [0.5, 0.6) is 5.75 Å². The number of aromatic nitrogens is 1. The van der Waals surface area contributed by atoms with E-state index in [0.29, 0.717) is 49.7 Å². The zero-order valence-corrected chi connectivity index (χ0v) is 14.9. The molecule has 2 heterocycles. The molecule has 6 heteroatoms. The third kappa shape index (κ3) is 2.39. The Balaban J connectivity index is 1.90. The van der Waals surface area contributed by atoms with E-state index in [1.54, 1.807) is 36.4 Å². The van der Waals surface area contributed by atoms with Gasteiger partial charge in [0.15, 0.2) is 16.7 Å². The lowest BCUT2D eigenvalue weighted by Crippen LogP contribution is -2.04. The molecule has 0 aliphatic rings. The molecule has 0 bridgehead atoms. The molecule has 27 heavy (non-hydrogen) atoms. The number of hydrogen-bond acceptors (Lipinski definition) is 5. The van der Waals surface area contributed by atoms with Crippen molar-refractivity contribution < 1.29 is 13.6 Å². The van der Waals surface area contributed by atoms with Gasteiger partial charge in [0.2, 0.25) is 11.3 Å². The van der Waals surface area contributed by atoms with Gasteiger partial charge < -0.3 is 13.6 Å². The highest BCUT2D eigenvalue weighted by Gasteiger charge is 2.20. The van der Waals surface area contributed by atoms with Gasteiger partial charge in [0.25, 0.3) is 0 Å². The lowest BCUT2D eigenvalue weighted by atomic mass is 10.1. The fourth-order valence-electron chi connectivity index (χ4n) is 3.19. The quantitative estimate of drug-likeness (QED) is 0.384. The summed E-state index contributed by atoms with van der Waals surface area (Å²) in [5.41, 5.74) is 2.38. The van der Waals surface area contributed by atoms with Crippen molar-refractivity contribution in [3.63, 3.8) is 0 Å². The lowest BCUT2D eigenvalue weighted by molar-refractivity contribution is 0.418. The summed E-state index contributed by atoms with van der Waals surface area (Å²) in [6, 6.07) is 15.9. The van der Waals surface area contributed by atoms with Gasteiger partial charge in [-0.3, -0.25) is 4.79 Å². The van der Waals surface area contributed by atoms with Crippen LogP contribution in [-0.4, -0.2) is 12.1 Å². The minimum absolute atomic E-state index is 0.165. The lowest BCUT2D eigenvalue weighted by Gasteiger charge is -2.06. The van der Waals surface area contributed by atoms with Crippen molar-refractivity contribution in [3.05, 3.63) is 69.8 Å². The van der Waals surface area contributed by atoms with Crippen LogP contribution >= 0.6 is 11.6 Å². The molecule has 0 saturated heterocycles. The van der Waals surface area contributed by atoms with Gasteiger partial charge in [-0.25, -0.2) is 4.98 Å². The van der Waals surface area contributed by atoms with Crippen molar-refractivity contribution in [3.8, 4) is 17.2 Å². The van der Waals surface area contributed by atoms with Crippen molar-refractivity contribution in [2.24, 2.45) is 0 Å². The van der Waals surface area contributed by atoms with Crippen LogP contribution in [0.2, 0.25) is 5.02 Å². The van der Waals surface area contributed by atoms with E-state index in [9.17, 15) is 4.79 Å². The molecule has 3 aromatic carbocycles. The summed E-state index contributed by atoms with van der Waals surface area (Å²) in [6.45, 7) is 0. The Labute approximate surface area is 157 Å². The summed E-state index contributed by atoms with van der Waals surface area (Å²) in [6.07, 6.45) is 0. The fraction of sp³-hybridized carbons (Fsp3) is 0.0476. The summed E-state index contributed by atoms with van der Waals surface area (Å²) in [5, 5.41) is 1.46. The molecule has 5 aromatic rings. The number of fused-ring (bicyclic) bond motifs is 4. The molecule has 0 saturated carbocycles. The topological polar surface area (TPSA) is 65.5 Å². The first-order chi connectivity index (χ1) is 13.2. The number of oxazole rings is 1. The molecule has 0 amide bonds. The second-order valence-electron chi connectivity index (χ2n) is 6.08. The zero-order valence-electron chi connectivity index (χ0n) is 14.2. The van der Waals surface area contributed by atoms with Crippen LogP contribution in [0.25, 0.3) is 44.5 Å². The highest BCUT2D eigenvalue weighted by molar-refractivity contribution is 6.30. The largest absolute Gasteiger partial charge is 0.496 e. The molecule has 0 fully saturated rings. The smallest absolute Gasteiger partial charge is 0.227 e. The van der Waals surface area contributed by atoms with E-state index in [2.05, 4.69) is 4.98 Å². The SMILES string of the molecule is COc1cc2oc(-c3ccc(Cl)cc3)nc2c2oc3ccccc3c(=O)c12. The molecule has 0 unspecified atom stereocenters. The average molecular weight is 378 g/mol. The number of hydrogen-bond donors (Lipinski definition) is 0. The van der Waals surface area contributed by atoms with Crippen LogP contribution in [0.3, 0.4) is 0 Å². The summed E-state index contributed by atoms with van der Waals surface area (Å²) in [4.78, 5) is 17.6. The van der Waals surface area contributed by atoms with Crippen LogP contribution < -0.4 is 10.2 Å². The van der Waals surface area contributed by atoms with Gasteiger partial charge in [-0.05, 0) is 36.4 Å². The Bertz CT molecular complexity index is 1380. The maximum atomic E-state index is 13.0. The second-order valence-corrected chi connectivity index (χ2v) is 6.52.